The van der Waals surface area contributed by atoms with E-state index >= 15 is 0 Å². The number of carboxylic acid groups (broad SMARTS) is 1. The van der Waals surface area contributed by atoms with Gasteiger partial charge in [-0.3, -0.25) is 19.8 Å². The lowest BCUT2D eigenvalue weighted by molar-refractivity contribution is -0.138. The number of nitrogens with zero attached hydrogens (tertiary/aromatic N) is 3. The first kappa shape index (κ1) is 14.0. The summed E-state index contributed by atoms with van der Waals surface area (Å²) < 4.78 is 0. The van der Waals surface area contributed by atoms with Gasteiger partial charge in [0.15, 0.2) is 0 Å². The molecule has 0 aliphatic rings. The number of anilines is 1. The third kappa shape index (κ3) is 5.35. The number of amides is 1. The van der Waals surface area contributed by atoms with Crippen molar-refractivity contribution < 1.29 is 14.7 Å². The first-order valence-corrected chi connectivity index (χ1v) is 5.63. The number of rotatable bonds is 7. The Morgan fingerprint density at radius 1 is 1.33 bits per heavy atom. The molecule has 1 amide bonds. The Morgan fingerprint density at radius 3 is 2.56 bits per heavy atom. The fraction of sp³-hybridized carbons (Fsp3) is 0.455. The molecule has 0 saturated heterocycles. The van der Waals surface area contributed by atoms with Crippen molar-refractivity contribution in [1.82, 2.24) is 14.9 Å². The highest BCUT2D eigenvalue weighted by Crippen LogP contribution is 1.96. The molecule has 2 N–H and O–H groups in total. The fourth-order valence-corrected chi connectivity index (χ4v) is 1.45. The molecule has 1 aromatic rings. The number of hydrogen-bond acceptors (Lipinski definition) is 5. The minimum absolute atomic E-state index is 0.0123. The Hall–Kier alpha value is -2.02. The zero-order chi connectivity index (χ0) is 13.4. The van der Waals surface area contributed by atoms with Crippen molar-refractivity contribution in [2.45, 2.75) is 13.3 Å². The highest BCUT2D eigenvalue weighted by atomic mass is 16.4. The van der Waals surface area contributed by atoms with Gasteiger partial charge in [-0.15, -0.1) is 0 Å². The molecule has 7 nitrogen and oxygen atoms in total. The van der Waals surface area contributed by atoms with Crippen LogP contribution in [0, 0.1) is 0 Å². The molecule has 1 heterocycles. The lowest BCUT2D eigenvalue weighted by Crippen LogP contribution is -2.37. The zero-order valence-corrected chi connectivity index (χ0v) is 10.2. The highest BCUT2D eigenvalue weighted by Gasteiger charge is 2.13. The largest absolute Gasteiger partial charge is 0.480 e. The minimum atomic E-state index is -0.952. The molecule has 0 aromatic carbocycles. The Morgan fingerprint density at radius 2 is 2.00 bits per heavy atom. The summed E-state index contributed by atoms with van der Waals surface area (Å²) in [5.41, 5.74) is 0. The number of carbonyl (C=O) groups excluding carboxylic acids is 1. The van der Waals surface area contributed by atoms with Crippen LogP contribution in [-0.4, -0.2) is 51.5 Å². The summed E-state index contributed by atoms with van der Waals surface area (Å²) in [4.78, 5) is 31.5. The van der Waals surface area contributed by atoms with Crippen LogP contribution in [0.5, 0.6) is 0 Å². The number of nitrogens with one attached hydrogen (secondary N) is 1. The van der Waals surface area contributed by atoms with Gasteiger partial charge in [-0.1, -0.05) is 6.92 Å². The van der Waals surface area contributed by atoms with Gasteiger partial charge in [-0.05, 0) is 19.0 Å². The Labute approximate surface area is 105 Å². The number of aliphatic carboxylic acids is 1. The number of carboxylic acids is 1. The van der Waals surface area contributed by atoms with E-state index in [1.165, 1.54) is 12.4 Å². The standard InChI is InChI=1S/C11H16N4O3/c1-2-6-15(8-10(17)18)7-9(16)14-11-12-4-3-5-13-11/h3-5H,2,6-8H2,1H3,(H,17,18)(H,12,13,14,16). The number of aromatic nitrogens is 2. The SMILES string of the molecule is CCCN(CC(=O)O)CC(=O)Nc1ncccn1. The summed E-state index contributed by atoms with van der Waals surface area (Å²) in [5, 5.41) is 11.2. The lowest BCUT2D eigenvalue weighted by Gasteiger charge is -2.18. The van der Waals surface area contributed by atoms with Gasteiger partial charge >= 0.3 is 5.97 Å². The van der Waals surface area contributed by atoms with E-state index in [1.54, 1.807) is 11.0 Å². The highest BCUT2D eigenvalue weighted by molar-refractivity contribution is 5.90. The quantitative estimate of drug-likeness (QED) is 0.720. The van der Waals surface area contributed by atoms with E-state index < -0.39 is 5.97 Å². The first-order chi connectivity index (χ1) is 8.61. The van der Waals surface area contributed by atoms with E-state index in [9.17, 15) is 9.59 Å². The van der Waals surface area contributed by atoms with Gasteiger partial charge in [0.1, 0.15) is 0 Å². The monoisotopic (exact) mass is 252 g/mol. The molecular formula is C11H16N4O3. The average Bonchev–Trinajstić information content (AvgIpc) is 2.29. The second-order valence-corrected chi connectivity index (χ2v) is 3.72. The summed E-state index contributed by atoms with van der Waals surface area (Å²) in [6, 6.07) is 1.64. The molecule has 0 spiro atoms. The van der Waals surface area contributed by atoms with E-state index in [1.807, 2.05) is 6.92 Å². The van der Waals surface area contributed by atoms with Crippen LogP contribution >= 0.6 is 0 Å². The molecule has 0 radical (unpaired) electrons. The van der Waals surface area contributed by atoms with Crippen molar-refractivity contribution in [2.75, 3.05) is 25.0 Å². The number of carbonyl (C=O) groups is 2. The molecule has 1 rings (SSSR count). The van der Waals surface area contributed by atoms with E-state index in [0.29, 0.717) is 6.54 Å². The van der Waals surface area contributed by atoms with Crippen molar-refractivity contribution in [3.8, 4) is 0 Å². The fourth-order valence-electron chi connectivity index (χ4n) is 1.45. The van der Waals surface area contributed by atoms with Crippen molar-refractivity contribution in [3.05, 3.63) is 18.5 Å². The molecular weight excluding hydrogens is 236 g/mol. The van der Waals surface area contributed by atoms with E-state index in [-0.39, 0.29) is 24.9 Å². The first-order valence-electron chi connectivity index (χ1n) is 5.63. The van der Waals surface area contributed by atoms with Crippen LogP contribution in [0.3, 0.4) is 0 Å². The van der Waals surface area contributed by atoms with E-state index in [4.69, 9.17) is 5.11 Å². The van der Waals surface area contributed by atoms with Crippen molar-refractivity contribution >= 4 is 17.8 Å². The van der Waals surface area contributed by atoms with Crippen LogP contribution in [0.25, 0.3) is 0 Å². The van der Waals surface area contributed by atoms with Gasteiger partial charge in [-0.25, -0.2) is 9.97 Å². The predicted octanol–water partition coefficient (Wildman–Crippen LogP) is 0.212. The summed E-state index contributed by atoms with van der Waals surface area (Å²) in [6.45, 7) is 2.33. The van der Waals surface area contributed by atoms with Crippen molar-refractivity contribution in [2.24, 2.45) is 0 Å². The molecule has 0 saturated carbocycles. The Bertz CT molecular complexity index is 397. The third-order valence-corrected chi connectivity index (χ3v) is 2.08. The maximum absolute atomic E-state index is 11.7. The van der Waals surface area contributed by atoms with Crippen LogP contribution in [0.15, 0.2) is 18.5 Å². The summed E-state index contributed by atoms with van der Waals surface area (Å²) >= 11 is 0. The van der Waals surface area contributed by atoms with E-state index in [2.05, 4.69) is 15.3 Å². The lowest BCUT2D eigenvalue weighted by atomic mass is 10.4. The molecule has 98 valence electrons. The van der Waals surface area contributed by atoms with Crippen LogP contribution in [0.2, 0.25) is 0 Å². The maximum atomic E-state index is 11.7. The molecule has 1 aromatic heterocycles. The Balaban J connectivity index is 2.48. The third-order valence-electron chi connectivity index (χ3n) is 2.08. The van der Waals surface area contributed by atoms with Gasteiger partial charge in [0.2, 0.25) is 11.9 Å². The van der Waals surface area contributed by atoms with Crippen LogP contribution in [0.1, 0.15) is 13.3 Å². The van der Waals surface area contributed by atoms with Crippen LogP contribution in [0.4, 0.5) is 5.95 Å². The molecule has 0 aliphatic carbocycles. The van der Waals surface area contributed by atoms with Gasteiger partial charge in [0.05, 0.1) is 13.1 Å². The Kier molecular flexibility index (Phi) is 5.72. The van der Waals surface area contributed by atoms with Crippen LogP contribution in [-0.2, 0) is 9.59 Å². The second-order valence-electron chi connectivity index (χ2n) is 3.72. The smallest absolute Gasteiger partial charge is 0.317 e. The predicted molar refractivity (Wildman–Crippen MR) is 65.0 cm³/mol. The average molecular weight is 252 g/mol. The van der Waals surface area contributed by atoms with Gasteiger partial charge < -0.3 is 5.11 Å². The molecule has 0 fully saturated rings. The van der Waals surface area contributed by atoms with Gasteiger partial charge in [-0.2, -0.15) is 0 Å². The molecule has 0 aliphatic heterocycles. The maximum Gasteiger partial charge on any atom is 0.317 e. The second kappa shape index (κ2) is 7.33. The normalized spacial score (nSPS) is 10.3. The van der Waals surface area contributed by atoms with Gasteiger partial charge in [0.25, 0.3) is 0 Å². The number of hydrogen-bond donors (Lipinski definition) is 2. The topological polar surface area (TPSA) is 95.4 Å². The van der Waals surface area contributed by atoms with Gasteiger partial charge in [0, 0.05) is 12.4 Å². The van der Waals surface area contributed by atoms with Crippen LogP contribution < -0.4 is 5.32 Å². The van der Waals surface area contributed by atoms with Crippen molar-refractivity contribution in [3.63, 3.8) is 0 Å². The summed E-state index contributed by atoms with van der Waals surface area (Å²) in [6.07, 6.45) is 3.82. The van der Waals surface area contributed by atoms with E-state index in [0.717, 1.165) is 6.42 Å². The molecule has 7 heteroatoms. The molecule has 18 heavy (non-hydrogen) atoms. The minimum Gasteiger partial charge on any atom is -0.480 e. The molecule has 0 unspecified atom stereocenters. The summed E-state index contributed by atoms with van der Waals surface area (Å²) in [7, 11) is 0. The molecule has 0 bridgehead atoms. The summed E-state index contributed by atoms with van der Waals surface area (Å²) in [5.74, 6) is -1.06. The molecule has 0 atom stereocenters. The van der Waals surface area contributed by atoms with Crippen molar-refractivity contribution in [1.29, 1.82) is 0 Å². The zero-order valence-electron chi connectivity index (χ0n) is 10.2.